The van der Waals surface area contributed by atoms with Crippen molar-refractivity contribution in [1.29, 1.82) is 0 Å². The van der Waals surface area contributed by atoms with Crippen LogP contribution in [0, 0.1) is 5.92 Å². The minimum absolute atomic E-state index is 0.585. The Morgan fingerprint density at radius 1 is 1.19 bits per heavy atom. The molecule has 0 radical (unpaired) electrons. The average Bonchev–Trinajstić information content (AvgIpc) is 2.88. The molecule has 0 heterocycles. The molecular formula is C13H23NO2. The fourth-order valence-electron chi connectivity index (χ4n) is 3.26. The van der Waals surface area contributed by atoms with Crippen molar-refractivity contribution in [2.75, 3.05) is 6.54 Å². The highest BCUT2D eigenvalue weighted by atomic mass is 16.4. The third-order valence-electron chi connectivity index (χ3n) is 4.36. The van der Waals surface area contributed by atoms with Crippen LogP contribution in [0.4, 0.5) is 0 Å². The van der Waals surface area contributed by atoms with E-state index in [9.17, 15) is 9.90 Å². The van der Waals surface area contributed by atoms with Crippen LogP contribution in [-0.2, 0) is 4.79 Å². The zero-order chi connectivity index (χ0) is 11.4. The molecule has 2 aliphatic carbocycles. The number of hydrogen-bond acceptors (Lipinski definition) is 2. The fraction of sp³-hybridized carbons (Fsp3) is 0.923. The molecule has 0 spiro atoms. The van der Waals surface area contributed by atoms with Crippen LogP contribution in [0.3, 0.4) is 0 Å². The molecule has 0 aromatic rings. The molecule has 2 saturated carbocycles. The molecule has 2 fully saturated rings. The quantitative estimate of drug-likeness (QED) is 0.756. The van der Waals surface area contributed by atoms with E-state index >= 15 is 0 Å². The van der Waals surface area contributed by atoms with Gasteiger partial charge in [-0.15, -0.1) is 0 Å². The van der Waals surface area contributed by atoms with Gasteiger partial charge in [0, 0.05) is 0 Å². The summed E-state index contributed by atoms with van der Waals surface area (Å²) in [4.78, 5) is 11.3. The smallest absolute Gasteiger partial charge is 0.323 e. The number of nitrogens with one attached hydrogen (secondary N) is 1. The van der Waals surface area contributed by atoms with Crippen molar-refractivity contribution in [3.05, 3.63) is 0 Å². The molecule has 16 heavy (non-hydrogen) atoms. The summed E-state index contributed by atoms with van der Waals surface area (Å²) in [5, 5.41) is 12.6. The zero-order valence-corrected chi connectivity index (χ0v) is 10.0. The third kappa shape index (κ3) is 2.57. The molecule has 0 bridgehead atoms. The second-order valence-electron chi connectivity index (χ2n) is 5.46. The van der Waals surface area contributed by atoms with E-state index in [1.54, 1.807) is 0 Å². The molecule has 0 saturated heterocycles. The van der Waals surface area contributed by atoms with Gasteiger partial charge >= 0.3 is 5.97 Å². The monoisotopic (exact) mass is 225 g/mol. The van der Waals surface area contributed by atoms with Crippen molar-refractivity contribution in [2.45, 2.75) is 63.3 Å². The zero-order valence-electron chi connectivity index (χ0n) is 10.0. The van der Waals surface area contributed by atoms with Gasteiger partial charge in [-0.05, 0) is 31.7 Å². The molecule has 3 heteroatoms. The van der Waals surface area contributed by atoms with E-state index in [0.29, 0.717) is 0 Å². The predicted octanol–water partition coefficient (Wildman–Crippen LogP) is 2.55. The molecule has 2 N–H and O–H groups in total. The lowest BCUT2D eigenvalue weighted by Crippen LogP contribution is -2.50. The van der Waals surface area contributed by atoms with Gasteiger partial charge in [0.1, 0.15) is 5.54 Å². The van der Waals surface area contributed by atoms with Gasteiger partial charge in [-0.2, -0.15) is 0 Å². The summed E-state index contributed by atoms with van der Waals surface area (Å²) in [5.41, 5.74) is -0.585. The SMILES string of the molecule is O=C(O)C1(NCCC2CCCC2)CCCC1. The number of carboxylic acid groups (broad SMARTS) is 1. The van der Waals surface area contributed by atoms with Gasteiger partial charge in [0.05, 0.1) is 0 Å². The maximum absolute atomic E-state index is 11.3. The molecule has 3 nitrogen and oxygen atoms in total. The van der Waals surface area contributed by atoms with E-state index in [1.807, 2.05) is 0 Å². The first-order valence-corrected chi connectivity index (χ1v) is 6.71. The Labute approximate surface area is 97.6 Å². The van der Waals surface area contributed by atoms with Crippen LogP contribution in [0.15, 0.2) is 0 Å². The van der Waals surface area contributed by atoms with Crippen LogP contribution >= 0.6 is 0 Å². The van der Waals surface area contributed by atoms with Crippen LogP contribution in [0.25, 0.3) is 0 Å². The Morgan fingerprint density at radius 3 is 2.38 bits per heavy atom. The molecule has 0 aliphatic heterocycles. The van der Waals surface area contributed by atoms with E-state index in [4.69, 9.17) is 0 Å². The van der Waals surface area contributed by atoms with Gasteiger partial charge < -0.3 is 10.4 Å². The molecular weight excluding hydrogens is 202 g/mol. The van der Waals surface area contributed by atoms with Crippen LogP contribution in [0.1, 0.15) is 57.8 Å². The average molecular weight is 225 g/mol. The van der Waals surface area contributed by atoms with E-state index in [1.165, 1.54) is 25.7 Å². The summed E-state index contributed by atoms with van der Waals surface area (Å²) in [6.07, 6.45) is 10.3. The summed E-state index contributed by atoms with van der Waals surface area (Å²) in [5.74, 6) is 0.205. The van der Waals surface area contributed by atoms with Gasteiger partial charge in [0.25, 0.3) is 0 Å². The van der Waals surface area contributed by atoms with E-state index in [-0.39, 0.29) is 0 Å². The summed E-state index contributed by atoms with van der Waals surface area (Å²) in [6.45, 7) is 0.886. The van der Waals surface area contributed by atoms with Crippen molar-refractivity contribution in [1.82, 2.24) is 5.32 Å². The van der Waals surface area contributed by atoms with Crippen molar-refractivity contribution >= 4 is 5.97 Å². The predicted molar refractivity (Wildman–Crippen MR) is 63.4 cm³/mol. The minimum atomic E-state index is -0.642. The first-order chi connectivity index (χ1) is 7.73. The van der Waals surface area contributed by atoms with Gasteiger partial charge in [-0.1, -0.05) is 38.5 Å². The third-order valence-corrected chi connectivity index (χ3v) is 4.36. The summed E-state index contributed by atoms with van der Waals surface area (Å²) < 4.78 is 0. The first-order valence-electron chi connectivity index (χ1n) is 6.71. The number of rotatable bonds is 5. The topological polar surface area (TPSA) is 49.3 Å². The second-order valence-corrected chi connectivity index (χ2v) is 5.46. The van der Waals surface area contributed by atoms with Crippen molar-refractivity contribution in [3.63, 3.8) is 0 Å². The summed E-state index contributed by atoms with van der Waals surface area (Å²) in [7, 11) is 0. The second kappa shape index (κ2) is 5.17. The van der Waals surface area contributed by atoms with Crippen molar-refractivity contribution < 1.29 is 9.90 Å². The highest BCUT2D eigenvalue weighted by molar-refractivity contribution is 5.79. The molecule has 2 rings (SSSR count). The van der Waals surface area contributed by atoms with E-state index < -0.39 is 11.5 Å². The van der Waals surface area contributed by atoms with Crippen LogP contribution in [-0.4, -0.2) is 23.2 Å². The molecule has 0 aromatic heterocycles. The molecule has 0 aromatic carbocycles. The number of aliphatic carboxylic acids is 1. The molecule has 92 valence electrons. The maximum Gasteiger partial charge on any atom is 0.323 e. The summed E-state index contributed by atoms with van der Waals surface area (Å²) in [6, 6.07) is 0. The highest BCUT2D eigenvalue weighted by Crippen LogP contribution is 2.31. The Morgan fingerprint density at radius 2 is 1.81 bits per heavy atom. The molecule has 0 amide bonds. The number of hydrogen-bond donors (Lipinski definition) is 2. The van der Waals surface area contributed by atoms with Crippen molar-refractivity contribution in [2.24, 2.45) is 5.92 Å². The number of carboxylic acids is 1. The van der Waals surface area contributed by atoms with Gasteiger partial charge in [-0.25, -0.2) is 0 Å². The lowest BCUT2D eigenvalue weighted by Gasteiger charge is -2.26. The van der Waals surface area contributed by atoms with Gasteiger partial charge in [0.15, 0.2) is 0 Å². The Hall–Kier alpha value is -0.570. The molecule has 2 aliphatic rings. The lowest BCUT2D eigenvalue weighted by atomic mass is 9.96. The van der Waals surface area contributed by atoms with Gasteiger partial charge in [-0.3, -0.25) is 4.79 Å². The van der Waals surface area contributed by atoms with E-state index in [2.05, 4.69) is 5.32 Å². The van der Waals surface area contributed by atoms with Gasteiger partial charge in [0.2, 0.25) is 0 Å². The van der Waals surface area contributed by atoms with E-state index in [0.717, 1.165) is 44.6 Å². The molecule has 0 unspecified atom stereocenters. The normalized spacial score (nSPS) is 25.0. The maximum atomic E-state index is 11.3. The summed E-state index contributed by atoms with van der Waals surface area (Å²) >= 11 is 0. The van der Waals surface area contributed by atoms with Crippen LogP contribution < -0.4 is 5.32 Å². The standard InChI is InChI=1S/C13H23NO2/c15-12(16)13(8-3-4-9-13)14-10-7-11-5-1-2-6-11/h11,14H,1-10H2,(H,15,16). The fourth-order valence-corrected chi connectivity index (χ4v) is 3.26. The highest BCUT2D eigenvalue weighted by Gasteiger charge is 2.40. The Kier molecular flexibility index (Phi) is 3.85. The Bertz CT molecular complexity index is 240. The number of carbonyl (C=O) groups is 1. The first kappa shape index (κ1) is 11.9. The van der Waals surface area contributed by atoms with Crippen LogP contribution in [0.5, 0.6) is 0 Å². The Balaban J connectivity index is 1.76. The largest absolute Gasteiger partial charge is 0.480 e. The lowest BCUT2D eigenvalue weighted by molar-refractivity contribution is -0.144. The van der Waals surface area contributed by atoms with Crippen LogP contribution in [0.2, 0.25) is 0 Å². The van der Waals surface area contributed by atoms with Crippen molar-refractivity contribution in [3.8, 4) is 0 Å². The molecule has 0 atom stereocenters. The minimum Gasteiger partial charge on any atom is -0.480 e.